The van der Waals surface area contributed by atoms with Gasteiger partial charge in [-0.05, 0) is 11.3 Å². The third kappa shape index (κ3) is 4.56. The SMILES string of the molecule is CC(=O)SCC1CC(=O)N(CC(C)(C)C)C1. The van der Waals surface area contributed by atoms with Gasteiger partial charge in [-0.2, -0.15) is 0 Å². The minimum atomic E-state index is 0.140. The molecule has 3 nitrogen and oxygen atoms in total. The van der Waals surface area contributed by atoms with Gasteiger partial charge in [0.15, 0.2) is 5.12 Å². The van der Waals surface area contributed by atoms with Gasteiger partial charge in [-0.1, -0.05) is 32.5 Å². The molecule has 1 amide bonds. The molecule has 1 aliphatic rings. The zero-order valence-corrected chi connectivity index (χ0v) is 11.4. The van der Waals surface area contributed by atoms with Gasteiger partial charge in [0.2, 0.25) is 5.91 Å². The van der Waals surface area contributed by atoms with Crippen LogP contribution in [0.25, 0.3) is 0 Å². The van der Waals surface area contributed by atoms with Crippen molar-refractivity contribution in [3.05, 3.63) is 0 Å². The average Bonchev–Trinajstić information content (AvgIpc) is 2.41. The molecule has 0 spiro atoms. The summed E-state index contributed by atoms with van der Waals surface area (Å²) in [5.74, 6) is 1.37. The van der Waals surface area contributed by atoms with Crippen LogP contribution in [-0.2, 0) is 9.59 Å². The highest BCUT2D eigenvalue weighted by Gasteiger charge is 2.31. The number of amides is 1. The first-order valence-electron chi connectivity index (χ1n) is 5.69. The lowest BCUT2D eigenvalue weighted by Crippen LogP contribution is -2.34. The van der Waals surface area contributed by atoms with Gasteiger partial charge < -0.3 is 4.90 Å². The van der Waals surface area contributed by atoms with Crippen molar-refractivity contribution >= 4 is 22.8 Å². The molecule has 1 aliphatic heterocycles. The average molecular weight is 243 g/mol. The number of carbonyl (C=O) groups is 2. The van der Waals surface area contributed by atoms with Crippen LogP contribution in [-0.4, -0.2) is 34.8 Å². The molecule has 1 atom stereocenters. The smallest absolute Gasteiger partial charge is 0.222 e. The normalized spacial score (nSPS) is 21.6. The van der Waals surface area contributed by atoms with Crippen molar-refractivity contribution in [2.45, 2.75) is 34.1 Å². The first-order chi connectivity index (χ1) is 7.28. The fraction of sp³-hybridized carbons (Fsp3) is 0.833. The second-order valence-electron chi connectivity index (χ2n) is 5.71. The van der Waals surface area contributed by atoms with E-state index in [1.807, 2.05) is 4.90 Å². The Balaban J connectivity index is 2.41. The number of thioether (sulfide) groups is 1. The van der Waals surface area contributed by atoms with E-state index in [-0.39, 0.29) is 16.4 Å². The van der Waals surface area contributed by atoms with Crippen LogP contribution in [0.4, 0.5) is 0 Å². The molecule has 1 heterocycles. The summed E-state index contributed by atoms with van der Waals surface area (Å²) < 4.78 is 0. The molecule has 0 bridgehead atoms. The van der Waals surface area contributed by atoms with Crippen LogP contribution in [0.15, 0.2) is 0 Å². The predicted molar refractivity (Wildman–Crippen MR) is 67.3 cm³/mol. The standard InChI is InChI=1S/C12H21NO2S/c1-9(14)16-7-10-5-11(15)13(6-10)8-12(2,3)4/h10H,5-8H2,1-4H3. The molecule has 16 heavy (non-hydrogen) atoms. The molecule has 0 radical (unpaired) electrons. The molecule has 1 fully saturated rings. The maximum atomic E-state index is 11.7. The van der Waals surface area contributed by atoms with Crippen LogP contribution < -0.4 is 0 Å². The topological polar surface area (TPSA) is 37.4 Å². The van der Waals surface area contributed by atoms with Crippen molar-refractivity contribution < 1.29 is 9.59 Å². The first kappa shape index (κ1) is 13.6. The Morgan fingerprint density at radius 1 is 1.50 bits per heavy atom. The van der Waals surface area contributed by atoms with Crippen LogP contribution in [0.5, 0.6) is 0 Å². The fourth-order valence-corrected chi connectivity index (χ4v) is 2.62. The molecule has 0 aliphatic carbocycles. The highest BCUT2D eigenvalue weighted by atomic mass is 32.2. The third-order valence-electron chi connectivity index (χ3n) is 2.48. The van der Waals surface area contributed by atoms with Gasteiger partial charge in [0, 0.05) is 32.2 Å². The van der Waals surface area contributed by atoms with E-state index in [0.717, 1.165) is 18.8 Å². The van der Waals surface area contributed by atoms with Crippen molar-refractivity contribution in [3.8, 4) is 0 Å². The maximum Gasteiger partial charge on any atom is 0.222 e. The van der Waals surface area contributed by atoms with Gasteiger partial charge in [0.05, 0.1) is 0 Å². The van der Waals surface area contributed by atoms with E-state index in [9.17, 15) is 9.59 Å². The zero-order chi connectivity index (χ0) is 12.3. The molecule has 1 rings (SSSR count). The number of hydrogen-bond acceptors (Lipinski definition) is 3. The summed E-state index contributed by atoms with van der Waals surface area (Å²) in [4.78, 5) is 24.5. The maximum absolute atomic E-state index is 11.7. The molecule has 92 valence electrons. The highest BCUT2D eigenvalue weighted by molar-refractivity contribution is 8.13. The molecule has 0 aromatic rings. The molecule has 0 aromatic carbocycles. The molecule has 0 saturated carbocycles. The quantitative estimate of drug-likeness (QED) is 0.762. The summed E-state index contributed by atoms with van der Waals surface area (Å²) >= 11 is 1.33. The van der Waals surface area contributed by atoms with Crippen LogP contribution in [0.2, 0.25) is 0 Å². The molecular weight excluding hydrogens is 222 g/mol. The predicted octanol–water partition coefficient (Wildman–Crippen LogP) is 2.16. The number of nitrogens with zero attached hydrogens (tertiary/aromatic N) is 1. The van der Waals surface area contributed by atoms with Crippen molar-refractivity contribution in [1.82, 2.24) is 4.90 Å². The largest absolute Gasteiger partial charge is 0.342 e. The molecule has 1 unspecified atom stereocenters. The third-order valence-corrected chi connectivity index (χ3v) is 3.53. The molecular formula is C12H21NO2S. The fourth-order valence-electron chi connectivity index (χ4n) is 1.93. The Morgan fingerprint density at radius 3 is 2.62 bits per heavy atom. The van der Waals surface area contributed by atoms with E-state index in [1.165, 1.54) is 11.8 Å². The van der Waals surface area contributed by atoms with Crippen molar-refractivity contribution in [2.24, 2.45) is 11.3 Å². The summed E-state index contributed by atoms with van der Waals surface area (Å²) in [6, 6.07) is 0. The van der Waals surface area contributed by atoms with Gasteiger partial charge in [-0.15, -0.1) is 0 Å². The number of likely N-dealkylation sites (tertiary alicyclic amines) is 1. The Morgan fingerprint density at radius 2 is 2.12 bits per heavy atom. The van der Waals surface area contributed by atoms with E-state index in [2.05, 4.69) is 20.8 Å². The molecule has 0 aromatic heterocycles. The van der Waals surface area contributed by atoms with Crippen molar-refractivity contribution in [1.29, 1.82) is 0 Å². The summed E-state index contributed by atoms with van der Waals surface area (Å²) in [6.07, 6.45) is 0.608. The lowest BCUT2D eigenvalue weighted by Gasteiger charge is -2.26. The second-order valence-corrected chi connectivity index (χ2v) is 6.90. The van der Waals surface area contributed by atoms with E-state index < -0.39 is 0 Å². The number of rotatable bonds is 3. The Bertz CT molecular complexity index is 283. The van der Waals surface area contributed by atoms with E-state index >= 15 is 0 Å². The minimum absolute atomic E-state index is 0.140. The Labute approximate surface area is 102 Å². The van der Waals surface area contributed by atoms with Crippen molar-refractivity contribution in [3.63, 3.8) is 0 Å². The summed E-state index contributed by atoms with van der Waals surface area (Å²) in [6.45, 7) is 9.62. The van der Waals surface area contributed by atoms with Gasteiger partial charge in [-0.25, -0.2) is 0 Å². The number of hydrogen-bond donors (Lipinski definition) is 0. The monoisotopic (exact) mass is 243 g/mol. The van der Waals surface area contributed by atoms with E-state index in [1.54, 1.807) is 6.92 Å². The van der Waals surface area contributed by atoms with Gasteiger partial charge >= 0.3 is 0 Å². The summed E-state index contributed by atoms with van der Waals surface area (Å²) in [5, 5.41) is 0.140. The molecule has 1 saturated heterocycles. The van der Waals surface area contributed by atoms with Gasteiger partial charge in [-0.3, -0.25) is 9.59 Å². The van der Waals surface area contributed by atoms with E-state index in [0.29, 0.717) is 12.3 Å². The summed E-state index contributed by atoms with van der Waals surface area (Å²) in [5.41, 5.74) is 0.151. The lowest BCUT2D eigenvalue weighted by molar-refractivity contribution is -0.128. The number of carbonyl (C=O) groups excluding carboxylic acids is 2. The zero-order valence-electron chi connectivity index (χ0n) is 10.6. The lowest BCUT2D eigenvalue weighted by atomic mass is 9.96. The summed E-state index contributed by atoms with van der Waals surface area (Å²) in [7, 11) is 0. The van der Waals surface area contributed by atoms with Crippen molar-refractivity contribution in [2.75, 3.05) is 18.8 Å². The van der Waals surface area contributed by atoms with Gasteiger partial charge in [0.1, 0.15) is 0 Å². The second kappa shape index (κ2) is 5.21. The van der Waals surface area contributed by atoms with Crippen LogP contribution in [0.3, 0.4) is 0 Å². The Kier molecular flexibility index (Phi) is 4.42. The minimum Gasteiger partial charge on any atom is -0.342 e. The Hall–Kier alpha value is -0.510. The van der Waals surface area contributed by atoms with E-state index in [4.69, 9.17) is 0 Å². The first-order valence-corrected chi connectivity index (χ1v) is 6.67. The van der Waals surface area contributed by atoms with Crippen LogP contribution in [0, 0.1) is 11.3 Å². The molecule has 4 heteroatoms. The highest BCUT2D eigenvalue weighted by Crippen LogP contribution is 2.25. The van der Waals surface area contributed by atoms with Crippen LogP contribution in [0.1, 0.15) is 34.1 Å². The van der Waals surface area contributed by atoms with Crippen LogP contribution >= 0.6 is 11.8 Å². The van der Waals surface area contributed by atoms with Gasteiger partial charge in [0.25, 0.3) is 0 Å². The molecule has 0 N–H and O–H groups in total.